The lowest BCUT2D eigenvalue weighted by Gasteiger charge is -1.98. The molecule has 0 saturated heterocycles. The summed E-state index contributed by atoms with van der Waals surface area (Å²) >= 11 is 0. The molecule has 0 unspecified atom stereocenters. The van der Waals surface area contributed by atoms with Crippen LogP contribution in [0.15, 0.2) is 34.7 Å². The molecule has 1 aromatic carbocycles. The fraction of sp³-hybridized carbons (Fsp3) is 0.100. The van der Waals surface area contributed by atoms with E-state index in [4.69, 9.17) is 14.5 Å². The van der Waals surface area contributed by atoms with E-state index in [1.807, 2.05) is 30.3 Å². The predicted octanol–water partition coefficient (Wildman–Crippen LogP) is 0.330. The highest BCUT2D eigenvalue weighted by molar-refractivity contribution is 6.58. The Balaban J connectivity index is 2.53. The molecule has 0 aliphatic heterocycles. The van der Waals surface area contributed by atoms with Crippen LogP contribution in [0, 0.1) is 6.92 Å². The second kappa shape index (κ2) is 3.88. The number of benzene rings is 1. The first-order chi connectivity index (χ1) is 7.18. The van der Waals surface area contributed by atoms with Gasteiger partial charge in [0.15, 0.2) is 11.6 Å². The predicted molar refractivity (Wildman–Crippen MR) is 56.5 cm³/mol. The van der Waals surface area contributed by atoms with Gasteiger partial charge in [-0.1, -0.05) is 30.3 Å². The van der Waals surface area contributed by atoms with Gasteiger partial charge in [0.05, 0.1) is 0 Å². The summed E-state index contributed by atoms with van der Waals surface area (Å²) in [5, 5.41) is 18.2. The molecule has 76 valence electrons. The zero-order valence-corrected chi connectivity index (χ0v) is 8.21. The van der Waals surface area contributed by atoms with Gasteiger partial charge in [0.1, 0.15) is 5.69 Å². The van der Waals surface area contributed by atoms with Gasteiger partial charge in [-0.25, -0.2) is 4.98 Å². The zero-order valence-electron chi connectivity index (χ0n) is 8.21. The molecular weight excluding hydrogens is 193 g/mol. The number of nitrogens with zero attached hydrogens (tertiary/aromatic N) is 1. The monoisotopic (exact) mass is 203 g/mol. The molecule has 0 saturated carbocycles. The third kappa shape index (κ3) is 1.93. The van der Waals surface area contributed by atoms with Crippen molar-refractivity contribution < 1.29 is 14.5 Å². The summed E-state index contributed by atoms with van der Waals surface area (Å²) in [4.78, 5) is 4.12. The minimum absolute atomic E-state index is 0.0821. The Labute approximate surface area is 87.3 Å². The van der Waals surface area contributed by atoms with Gasteiger partial charge >= 0.3 is 7.12 Å². The van der Waals surface area contributed by atoms with E-state index in [1.54, 1.807) is 6.92 Å². The van der Waals surface area contributed by atoms with E-state index in [1.165, 1.54) is 0 Å². The molecule has 0 fully saturated rings. The van der Waals surface area contributed by atoms with Crippen LogP contribution >= 0.6 is 0 Å². The molecule has 0 aliphatic carbocycles. The average molecular weight is 203 g/mol. The van der Waals surface area contributed by atoms with E-state index in [2.05, 4.69) is 4.98 Å². The highest BCUT2D eigenvalue weighted by Crippen LogP contribution is 2.16. The summed E-state index contributed by atoms with van der Waals surface area (Å²) in [6.07, 6.45) is 0. The van der Waals surface area contributed by atoms with Gasteiger partial charge < -0.3 is 14.5 Å². The molecule has 4 nitrogen and oxygen atoms in total. The van der Waals surface area contributed by atoms with Crippen LogP contribution in [0.25, 0.3) is 11.3 Å². The van der Waals surface area contributed by atoms with Crippen molar-refractivity contribution in [1.82, 2.24) is 4.98 Å². The number of aromatic nitrogens is 1. The standard InChI is InChI=1S/C10H10BNO3/c1-7-12-9(10(15-7)11(13)14)8-5-3-2-4-6-8/h2-6,13-14H,1H3. The van der Waals surface area contributed by atoms with Gasteiger partial charge in [0.2, 0.25) is 0 Å². The molecule has 0 spiro atoms. The van der Waals surface area contributed by atoms with Gasteiger partial charge in [-0.2, -0.15) is 0 Å². The van der Waals surface area contributed by atoms with Crippen LogP contribution in [0.3, 0.4) is 0 Å². The van der Waals surface area contributed by atoms with Gasteiger partial charge in [-0.3, -0.25) is 0 Å². The normalized spacial score (nSPS) is 10.3. The largest absolute Gasteiger partial charge is 0.528 e. The molecule has 5 heteroatoms. The summed E-state index contributed by atoms with van der Waals surface area (Å²) < 4.78 is 5.12. The van der Waals surface area contributed by atoms with Crippen LogP contribution in [0.2, 0.25) is 0 Å². The molecule has 2 rings (SSSR count). The topological polar surface area (TPSA) is 66.5 Å². The van der Waals surface area contributed by atoms with Crippen LogP contribution in [0.5, 0.6) is 0 Å². The summed E-state index contributed by atoms with van der Waals surface area (Å²) in [6, 6.07) is 9.26. The maximum absolute atomic E-state index is 9.10. The zero-order chi connectivity index (χ0) is 10.8. The SMILES string of the molecule is Cc1nc(-c2ccccc2)c(B(O)O)o1. The Morgan fingerprint density at radius 2 is 1.87 bits per heavy atom. The molecule has 0 amide bonds. The van der Waals surface area contributed by atoms with E-state index in [-0.39, 0.29) is 5.66 Å². The van der Waals surface area contributed by atoms with E-state index in [9.17, 15) is 0 Å². The second-order valence-electron chi connectivity index (χ2n) is 3.19. The van der Waals surface area contributed by atoms with Crippen molar-refractivity contribution in [3.05, 3.63) is 36.2 Å². The number of aryl methyl sites for hydroxylation is 1. The van der Waals surface area contributed by atoms with Crippen molar-refractivity contribution in [1.29, 1.82) is 0 Å². The van der Waals surface area contributed by atoms with Gasteiger partial charge in [0, 0.05) is 12.5 Å². The Hall–Kier alpha value is -1.59. The van der Waals surface area contributed by atoms with Crippen molar-refractivity contribution in [2.75, 3.05) is 0 Å². The molecule has 2 N–H and O–H groups in total. The molecule has 0 radical (unpaired) electrons. The third-order valence-electron chi connectivity index (χ3n) is 2.04. The summed E-state index contributed by atoms with van der Waals surface area (Å²) in [5.41, 5.74) is 1.36. The fourth-order valence-electron chi connectivity index (χ4n) is 1.42. The molecule has 0 aliphatic rings. The Kier molecular flexibility index (Phi) is 2.57. The number of hydrogen-bond acceptors (Lipinski definition) is 4. The van der Waals surface area contributed by atoms with Crippen LogP contribution in [0.1, 0.15) is 5.89 Å². The molecule has 15 heavy (non-hydrogen) atoms. The number of rotatable bonds is 2. The van der Waals surface area contributed by atoms with Crippen molar-refractivity contribution in [2.45, 2.75) is 6.92 Å². The third-order valence-corrected chi connectivity index (χ3v) is 2.04. The van der Waals surface area contributed by atoms with Crippen molar-refractivity contribution in [3.63, 3.8) is 0 Å². The molecule has 0 bridgehead atoms. The average Bonchev–Trinajstić information content (AvgIpc) is 2.62. The maximum atomic E-state index is 9.10. The molecule has 1 aromatic heterocycles. The lowest BCUT2D eigenvalue weighted by atomic mass is 9.84. The first-order valence-electron chi connectivity index (χ1n) is 4.57. The molecular formula is C10H10BNO3. The van der Waals surface area contributed by atoms with Crippen molar-refractivity contribution in [2.24, 2.45) is 0 Å². The van der Waals surface area contributed by atoms with Gasteiger partial charge in [-0.15, -0.1) is 0 Å². The van der Waals surface area contributed by atoms with Crippen LogP contribution in [-0.4, -0.2) is 22.2 Å². The van der Waals surface area contributed by atoms with E-state index in [0.29, 0.717) is 11.6 Å². The van der Waals surface area contributed by atoms with Crippen LogP contribution < -0.4 is 5.66 Å². The van der Waals surface area contributed by atoms with Crippen molar-refractivity contribution in [3.8, 4) is 11.3 Å². The minimum atomic E-state index is -1.64. The minimum Gasteiger partial charge on any atom is -0.449 e. The first-order valence-corrected chi connectivity index (χ1v) is 4.57. The second-order valence-corrected chi connectivity index (χ2v) is 3.19. The Bertz CT molecular complexity index is 453. The quantitative estimate of drug-likeness (QED) is 0.690. The van der Waals surface area contributed by atoms with E-state index >= 15 is 0 Å². The summed E-state index contributed by atoms with van der Waals surface area (Å²) in [7, 11) is -1.64. The molecule has 0 atom stereocenters. The lowest BCUT2D eigenvalue weighted by molar-refractivity contribution is 0.406. The Morgan fingerprint density at radius 3 is 2.47 bits per heavy atom. The smallest absolute Gasteiger partial charge is 0.449 e. The maximum Gasteiger partial charge on any atom is 0.528 e. The fourth-order valence-corrected chi connectivity index (χ4v) is 1.42. The highest BCUT2D eigenvalue weighted by Gasteiger charge is 2.23. The highest BCUT2D eigenvalue weighted by atomic mass is 16.4. The number of hydrogen-bond donors (Lipinski definition) is 2. The first kappa shape index (κ1) is 9.95. The van der Waals surface area contributed by atoms with Gasteiger partial charge in [0.25, 0.3) is 0 Å². The van der Waals surface area contributed by atoms with Crippen molar-refractivity contribution >= 4 is 12.8 Å². The van der Waals surface area contributed by atoms with Crippen LogP contribution in [0.4, 0.5) is 0 Å². The van der Waals surface area contributed by atoms with E-state index in [0.717, 1.165) is 5.56 Å². The van der Waals surface area contributed by atoms with Gasteiger partial charge in [-0.05, 0) is 0 Å². The lowest BCUT2D eigenvalue weighted by Crippen LogP contribution is -2.30. The molecule has 1 heterocycles. The summed E-state index contributed by atoms with van der Waals surface area (Å²) in [5.74, 6) is 0.414. The summed E-state index contributed by atoms with van der Waals surface area (Å²) in [6.45, 7) is 1.66. The Morgan fingerprint density at radius 1 is 1.20 bits per heavy atom. The number of oxazole rings is 1. The van der Waals surface area contributed by atoms with E-state index < -0.39 is 7.12 Å². The van der Waals surface area contributed by atoms with Crippen LogP contribution in [-0.2, 0) is 0 Å². The molecule has 2 aromatic rings.